The minimum atomic E-state index is -0.987. The summed E-state index contributed by atoms with van der Waals surface area (Å²) in [5.41, 5.74) is 7.21. The van der Waals surface area contributed by atoms with Gasteiger partial charge in [-0.15, -0.1) is 0 Å². The van der Waals surface area contributed by atoms with E-state index in [1.165, 1.54) is 31.4 Å². The summed E-state index contributed by atoms with van der Waals surface area (Å²) >= 11 is 0. The Kier molecular flexibility index (Phi) is 5.93. The lowest BCUT2D eigenvalue weighted by Crippen LogP contribution is -2.47. The third-order valence-electron chi connectivity index (χ3n) is 4.31. The Labute approximate surface area is 161 Å². The number of furan rings is 1. The monoisotopic (exact) mass is 384 g/mol. The van der Waals surface area contributed by atoms with E-state index in [0.29, 0.717) is 0 Å². The van der Waals surface area contributed by atoms with Crippen LogP contribution in [0.3, 0.4) is 0 Å². The van der Waals surface area contributed by atoms with Crippen LogP contribution >= 0.6 is 0 Å². The summed E-state index contributed by atoms with van der Waals surface area (Å²) in [7, 11) is 0. The van der Waals surface area contributed by atoms with E-state index in [1.54, 1.807) is 6.07 Å². The number of rotatable bonds is 6. The van der Waals surface area contributed by atoms with Gasteiger partial charge >= 0.3 is 0 Å². The van der Waals surface area contributed by atoms with Crippen LogP contribution in [0, 0.1) is 5.82 Å². The second-order valence-electron chi connectivity index (χ2n) is 6.35. The highest BCUT2D eigenvalue weighted by atomic mass is 19.1. The van der Waals surface area contributed by atoms with Crippen molar-refractivity contribution in [2.75, 3.05) is 0 Å². The number of ether oxygens (including phenoxy) is 1. The Morgan fingerprint density at radius 3 is 2.71 bits per heavy atom. The molecule has 0 unspecified atom stereocenters. The van der Waals surface area contributed by atoms with E-state index in [4.69, 9.17) is 9.15 Å². The molecular formula is C21H21FN2O4. The van der Waals surface area contributed by atoms with Gasteiger partial charge in [-0.2, -0.15) is 0 Å². The van der Waals surface area contributed by atoms with Gasteiger partial charge < -0.3 is 9.15 Å². The van der Waals surface area contributed by atoms with Crippen molar-refractivity contribution in [1.29, 1.82) is 0 Å². The molecule has 1 heterocycles. The number of aryl methyl sites for hydroxylation is 1. The topological polar surface area (TPSA) is 80.6 Å². The molecule has 1 aromatic heterocycles. The molecule has 0 radical (unpaired) electrons. The maximum atomic E-state index is 13.6. The van der Waals surface area contributed by atoms with E-state index < -0.39 is 23.7 Å². The van der Waals surface area contributed by atoms with Crippen LogP contribution in [0.25, 0.3) is 11.0 Å². The summed E-state index contributed by atoms with van der Waals surface area (Å²) in [6.07, 6.45) is 1.49. The number of carbonyl (C=O) groups is 2. The Morgan fingerprint density at radius 1 is 1.18 bits per heavy atom. The Bertz CT molecular complexity index is 999. The number of fused-ring (bicyclic) bond motifs is 1. The molecule has 2 aromatic carbocycles. The standard InChI is InChI=1S/C21H21FN2O4/c1-3-14-8-9-16-15(12-27-19(16)10-14)11-20(25)23-24-21(26)13(2)28-18-7-5-4-6-17(18)22/h4-10,12-13H,3,11H2,1-2H3,(H,23,25)(H,24,26)/t13-/m0/s1. The number of hydrazine groups is 1. The fourth-order valence-corrected chi connectivity index (χ4v) is 2.72. The second-order valence-corrected chi connectivity index (χ2v) is 6.35. The molecule has 0 aliphatic heterocycles. The van der Waals surface area contributed by atoms with Crippen LogP contribution in [-0.2, 0) is 22.4 Å². The molecule has 28 heavy (non-hydrogen) atoms. The average Bonchev–Trinajstić information content (AvgIpc) is 3.09. The van der Waals surface area contributed by atoms with E-state index in [0.717, 1.165) is 28.5 Å². The molecule has 0 fully saturated rings. The highest BCUT2D eigenvalue weighted by Gasteiger charge is 2.18. The van der Waals surface area contributed by atoms with Crippen LogP contribution in [0.15, 0.2) is 53.1 Å². The smallest absolute Gasteiger partial charge is 0.279 e. The van der Waals surface area contributed by atoms with Crippen molar-refractivity contribution >= 4 is 22.8 Å². The first-order chi connectivity index (χ1) is 13.5. The first-order valence-corrected chi connectivity index (χ1v) is 8.96. The first kappa shape index (κ1) is 19.4. The molecule has 1 atom stereocenters. The fraction of sp³-hybridized carbons (Fsp3) is 0.238. The molecule has 2 amide bonds. The summed E-state index contributed by atoms with van der Waals surface area (Å²) in [5, 5.41) is 0.856. The van der Waals surface area contributed by atoms with Gasteiger partial charge in [-0.3, -0.25) is 20.4 Å². The van der Waals surface area contributed by atoms with Gasteiger partial charge in [0.05, 0.1) is 12.7 Å². The zero-order valence-electron chi connectivity index (χ0n) is 15.6. The SMILES string of the molecule is CCc1ccc2c(CC(=O)NNC(=O)[C@H](C)Oc3ccccc3F)coc2c1. The number of hydrogen-bond donors (Lipinski definition) is 2. The van der Waals surface area contributed by atoms with Crippen molar-refractivity contribution < 1.29 is 23.1 Å². The number of nitrogens with one attached hydrogen (secondary N) is 2. The first-order valence-electron chi connectivity index (χ1n) is 8.96. The molecule has 0 aliphatic rings. The Hall–Kier alpha value is -3.35. The predicted molar refractivity (Wildman–Crippen MR) is 102 cm³/mol. The number of para-hydroxylation sites is 1. The number of hydrogen-bond acceptors (Lipinski definition) is 4. The van der Waals surface area contributed by atoms with Gasteiger partial charge in [0.25, 0.3) is 5.91 Å². The van der Waals surface area contributed by atoms with Gasteiger partial charge in [-0.25, -0.2) is 4.39 Å². The summed E-state index contributed by atoms with van der Waals surface area (Å²) in [6, 6.07) is 11.6. The summed E-state index contributed by atoms with van der Waals surface area (Å²) < 4.78 is 24.4. The normalized spacial score (nSPS) is 11.8. The molecule has 6 nitrogen and oxygen atoms in total. The van der Waals surface area contributed by atoms with Gasteiger partial charge in [-0.1, -0.05) is 31.2 Å². The maximum absolute atomic E-state index is 13.6. The zero-order chi connectivity index (χ0) is 20.1. The number of benzene rings is 2. The number of halogens is 1. The predicted octanol–water partition coefficient (Wildman–Crippen LogP) is 3.29. The lowest BCUT2D eigenvalue weighted by atomic mass is 10.1. The van der Waals surface area contributed by atoms with Gasteiger partial charge in [0.1, 0.15) is 5.58 Å². The summed E-state index contributed by atoms with van der Waals surface area (Å²) in [4.78, 5) is 24.2. The molecule has 0 saturated carbocycles. The fourth-order valence-electron chi connectivity index (χ4n) is 2.72. The van der Waals surface area contributed by atoms with Crippen LogP contribution in [0.2, 0.25) is 0 Å². The minimum absolute atomic E-state index is 0.0345. The molecule has 146 valence electrons. The molecule has 2 N–H and O–H groups in total. The third-order valence-corrected chi connectivity index (χ3v) is 4.31. The van der Waals surface area contributed by atoms with Gasteiger partial charge in [0, 0.05) is 10.9 Å². The van der Waals surface area contributed by atoms with E-state index in [1.807, 2.05) is 18.2 Å². The van der Waals surface area contributed by atoms with Crippen molar-refractivity contribution in [2.24, 2.45) is 0 Å². The van der Waals surface area contributed by atoms with E-state index in [-0.39, 0.29) is 12.2 Å². The van der Waals surface area contributed by atoms with Crippen LogP contribution in [0.4, 0.5) is 4.39 Å². The van der Waals surface area contributed by atoms with E-state index >= 15 is 0 Å². The van der Waals surface area contributed by atoms with Crippen molar-refractivity contribution in [1.82, 2.24) is 10.9 Å². The third kappa shape index (κ3) is 4.49. The number of carbonyl (C=O) groups excluding carboxylic acids is 2. The van der Waals surface area contributed by atoms with Gasteiger partial charge in [-0.05, 0) is 37.1 Å². The van der Waals surface area contributed by atoms with E-state index in [9.17, 15) is 14.0 Å². The molecule has 0 spiro atoms. The lowest BCUT2D eigenvalue weighted by Gasteiger charge is -2.15. The molecule has 0 saturated heterocycles. The second kappa shape index (κ2) is 8.56. The number of amides is 2. The molecule has 0 aliphatic carbocycles. The molecule has 3 aromatic rings. The lowest BCUT2D eigenvalue weighted by molar-refractivity contribution is -0.132. The largest absolute Gasteiger partial charge is 0.478 e. The highest BCUT2D eigenvalue weighted by Crippen LogP contribution is 2.23. The molecular weight excluding hydrogens is 363 g/mol. The molecule has 3 rings (SSSR count). The maximum Gasteiger partial charge on any atom is 0.279 e. The van der Waals surface area contributed by atoms with Crippen molar-refractivity contribution in [2.45, 2.75) is 32.8 Å². The van der Waals surface area contributed by atoms with Gasteiger partial charge in [0.15, 0.2) is 17.7 Å². The summed E-state index contributed by atoms with van der Waals surface area (Å²) in [5.74, 6) is -1.60. The summed E-state index contributed by atoms with van der Waals surface area (Å²) in [6.45, 7) is 3.51. The average molecular weight is 384 g/mol. The zero-order valence-corrected chi connectivity index (χ0v) is 15.6. The minimum Gasteiger partial charge on any atom is -0.478 e. The Morgan fingerprint density at radius 2 is 1.96 bits per heavy atom. The van der Waals surface area contributed by atoms with Crippen LogP contribution in [0.5, 0.6) is 5.75 Å². The quantitative estimate of drug-likeness (QED) is 0.639. The van der Waals surface area contributed by atoms with Crippen molar-refractivity contribution in [3.63, 3.8) is 0 Å². The van der Waals surface area contributed by atoms with Crippen LogP contribution < -0.4 is 15.6 Å². The highest BCUT2D eigenvalue weighted by molar-refractivity contribution is 5.89. The molecule has 0 bridgehead atoms. The van der Waals surface area contributed by atoms with Crippen LogP contribution in [-0.4, -0.2) is 17.9 Å². The molecule has 7 heteroatoms. The Balaban J connectivity index is 1.54. The van der Waals surface area contributed by atoms with E-state index in [2.05, 4.69) is 17.8 Å². The van der Waals surface area contributed by atoms with Crippen molar-refractivity contribution in [3.05, 3.63) is 65.7 Å². The van der Waals surface area contributed by atoms with Gasteiger partial charge in [0.2, 0.25) is 5.91 Å². The van der Waals surface area contributed by atoms with Crippen molar-refractivity contribution in [3.8, 4) is 5.75 Å². The van der Waals surface area contributed by atoms with Crippen LogP contribution in [0.1, 0.15) is 25.0 Å².